The zero-order chi connectivity index (χ0) is 32.9. The molecule has 5 aromatic rings. The van der Waals surface area contributed by atoms with E-state index in [2.05, 4.69) is 47.0 Å². The minimum Gasteiger partial charge on any atom is -0.496 e. The fraction of sp³-hybridized carbons (Fsp3) is 0.278. The third-order valence-corrected chi connectivity index (χ3v) is 11.7. The molecular weight excluding hydrogens is 655 g/mol. The molecule has 4 aromatic carbocycles. The summed E-state index contributed by atoms with van der Waals surface area (Å²) in [5.74, 6) is 0.902. The van der Waals surface area contributed by atoms with Crippen molar-refractivity contribution in [3.8, 4) is 5.75 Å². The van der Waals surface area contributed by atoms with Gasteiger partial charge in [0, 0.05) is 47.1 Å². The van der Waals surface area contributed by atoms with E-state index in [1.54, 1.807) is 0 Å². The van der Waals surface area contributed by atoms with Crippen LogP contribution in [0.1, 0.15) is 76.4 Å². The SMILES string of the molecule is COc1cc(S(=O)(=O)N2CCC(n3c(C4CC4)nc4ccc(C(c5ccc(Cl)cc5)c5ccc(Cl)cc5)cc43)CC2)ccc1C(N)=O. The van der Waals surface area contributed by atoms with Gasteiger partial charge in [-0.1, -0.05) is 53.5 Å². The zero-order valence-corrected chi connectivity index (χ0v) is 28.1. The molecule has 7 rings (SSSR count). The van der Waals surface area contributed by atoms with Gasteiger partial charge in [-0.3, -0.25) is 4.79 Å². The first kappa shape index (κ1) is 31.7. The first-order chi connectivity index (χ1) is 22.6. The van der Waals surface area contributed by atoms with Crippen molar-refractivity contribution in [2.45, 2.75) is 48.5 Å². The second-order valence-corrected chi connectivity index (χ2v) is 15.1. The van der Waals surface area contributed by atoms with Crippen molar-refractivity contribution in [1.29, 1.82) is 0 Å². The molecule has 1 amide bonds. The number of benzene rings is 4. The Balaban J connectivity index is 1.22. The second kappa shape index (κ2) is 12.6. The third kappa shape index (κ3) is 6.13. The number of halogens is 2. The number of ether oxygens (including phenoxy) is 1. The number of aromatic nitrogens is 2. The highest BCUT2D eigenvalue weighted by atomic mass is 35.5. The van der Waals surface area contributed by atoms with Crippen LogP contribution in [0.2, 0.25) is 10.0 Å². The molecule has 0 spiro atoms. The van der Waals surface area contributed by atoms with Crippen LogP contribution in [0, 0.1) is 0 Å². The Morgan fingerprint density at radius 2 is 1.45 bits per heavy atom. The van der Waals surface area contributed by atoms with Gasteiger partial charge < -0.3 is 15.0 Å². The van der Waals surface area contributed by atoms with Gasteiger partial charge in [0.1, 0.15) is 11.6 Å². The summed E-state index contributed by atoms with van der Waals surface area (Å²) in [6.07, 6.45) is 3.49. The van der Waals surface area contributed by atoms with Crippen molar-refractivity contribution < 1.29 is 17.9 Å². The number of primary amides is 1. The van der Waals surface area contributed by atoms with Gasteiger partial charge in [0.15, 0.2) is 0 Å². The standard InChI is InChI=1S/C36H34Cl2N4O4S/c1-46-33-21-29(13-14-30(33)35(39)43)47(44,45)41-18-16-28(17-19-41)42-32-20-25(8-15-31(32)40-36(42)24-2-3-24)34(22-4-9-26(37)10-5-22)23-6-11-27(38)12-7-23/h4-15,20-21,24,28,34H,2-3,16-19H2,1H3,(H2,39,43). The molecule has 11 heteroatoms. The molecule has 0 bridgehead atoms. The third-order valence-electron chi connectivity index (χ3n) is 9.29. The van der Waals surface area contributed by atoms with Crippen LogP contribution in [0.3, 0.4) is 0 Å². The van der Waals surface area contributed by atoms with Gasteiger partial charge in [-0.2, -0.15) is 4.31 Å². The number of methoxy groups -OCH3 is 1. The highest BCUT2D eigenvalue weighted by Crippen LogP contribution is 2.44. The number of piperidine rings is 1. The Kier molecular flexibility index (Phi) is 8.51. The molecule has 1 saturated carbocycles. The number of fused-ring (bicyclic) bond motifs is 1. The molecule has 47 heavy (non-hydrogen) atoms. The number of rotatable bonds is 9. The Morgan fingerprint density at radius 1 is 0.851 bits per heavy atom. The van der Waals surface area contributed by atoms with Crippen molar-refractivity contribution >= 4 is 50.2 Å². The normalized spacial score (nSPS) is 16.2. The summed E-state index contributed by atoms with van der Waals surface area (Å²) in [6.45, 7) is 0.711. The zero-order valence-electron chi connectivity index (χ0n) is 25.8. The van der Waals surface area contributed by atoms with E-state index in [1.807, 2.05) is 24.3 Å². The Labute approximate surface area is 284 Å². The number of carbonyl (C=O) groups is 1. The molecule has 2 heterocycles. The van der Waals surface area contributed by atoms with Crippen molar-refractivity contribution in [1.82, 2.24) is 13.9 Å². The maximum Gasteiger partial charge on any atom is 0.252 e. The largest absolute Gasteiger partial charge is 0.496 e. The number of nitrogens with zero attached hydrogens (tertiary/aromatic N) is 3. The summed E-state index contributed by atoms with van der Waals surface area (Å²) >= 11 is 12.5. The minimum atomic E-state index is -3.81. The van der Waals surface area contributed by atoms with E-state index in [1.165, 1.54) is 29.6 Å². The van der Waals surface area contributed by atoms with Crippen molar-refractivity contribution in [3.05, 3.63) is 123 Å². The molecule has 242 valence electrons. The van der Waals surface area contributed by atoms with Crippen LogP contribution in [0.15, 0.2) is 89.8 Å². The number of nitrogens with two attached hydrogens (primary N) is 1. The summed E-state index contributed by atoms with van der Waals surface area (Å²) in [5, 5.41) is 1.36. The van der Waals surface area contributed by atoms with E-state index in [9.17, 15) is 13.2 Å². The molecule has 2 N–H and O–H groups in total. The van der Waals surface area contributed by atoms with Crippen molar-refractivity contribution in [2.75, 3.05) is 20.2 Å². The molecule has 1 aliphatic heterocycles. The minimum absolute atomic E-state index is 0.0495. The summed E-state index contributed by atoms with van der Waals surface area (Å²) in [7, 11) is -2.43. The van der Waals surface area contributed by atoms with Crippen molar-refractivity contribution in [2.24, 2.45) is 5.73 Å². The van der Waals surface area contributed by atoms with Crippen LogP contribution in [0.5, 0.6) is 5.75 Å². The molecule has 0 unspecified atom stereocenters. The smallest absolute Gasteiger partial charge is 0.252 e. The second-order valence-electron chi connectivity index (χ2n) is 12.3. The molecule has 0 atom stereocenters. The lowest BCUT2D eigenvalue weighted by Crippen LogP contribution is -2.39. The predicted octanol–water partition coefficient (Wildman–Crippen LogP) is 7.53. The molecule has 8 nitrogen and oxygen atoms in total. The van der Waals surface area contributed by atoms with Crippen molar-refractivity contribution in [3.63, 3.8) is 0 Å². The van der Waals surface area contributed by atoms with Crippen LogP contribution >= 0.6 is 23.2 Å². The lowest BCUT2D eigenvalue weighted by Gasteiger charge is -2.33. The average molecular weight is 690 g/mol. The van der Waals surface area contributed by atoms with Crippen LogP contribution in [-0.2, 0) is 10.0 Å². The number of amides is 1. The highest BCUT2D eigenvalue weighted by molar-refractivity contribution is 7.89. The lowest BCUT2D eigenvalue weighted by atomic mass is 9.85. The molecule has 0 radical (unpaired) electrons. The molecule has 2 aliphatic rings. The van der Waals surface area contributed by atoms with Gasteiger partial charge in [-0.15, -0.1) is 0 Å². The molecule has 1 saturated heterocycles. The summed E-state index contributed by atoms with van der Waals surface area (Å²) < 4.78 is 36.5. The average Bonchev–Trinajstić information content (AvgIpc) is 3.86. The van der Waals surface area contributed by atoms with Gasteiger partial charge in [0.05, 0.1) is 28.6 Å². The monoisotopic (exact) mass is 688 g/mol. The van der Waals surface area contributed by atoms with E-state index >= 15 is 0 Å². The summed E-state index contributed by atoms with van der Waals surface area (Å²) in [4.78, 5) is 17.0. The number of hydrogen-bond donors (Lipinski definition) is 1. The van der Waals surface area contributed by atoms with E-state index in [4.69, 9.17) is 38.7 Å². The maximum absolute atomic E-state index is 13.7. The number of carbonyl (C=O) groups excluding carboxylic acids is 1. The molecule has 2 fully saturated rings. The Bertz CT molecular complexity index is 2020. The van der Waals surface area contributed by atoms with E-state index in [0.717, 1.165) is 46.4 Å². The van der Waals surface area contributed by atoms with E-state index < -0.39 is 15.9 Å². The Morgan fingerprint density at radius 3 is 2.00 bits per heavy atom. The van der Waals surface area contributed by atoms with Crippen LogP contribution < -0.4 is 10.5 Å². The predicted molar refractivity (Wildman–Crippen MR) is 184 cm³/mol. The van der Waals surface area contributed by atoms with Gasteiger partial charge in [0.25, 0.3) is 5.91 Å². The van der Waals surface area contributed by atoms with Gasteiger partial charge >= 0.3 is 0 Å². The first-order valence-corrected chi connectivity index (χ1v) is 17.8. The first-order valence-electron chi connectivity index (χ1n) is 15.6. The van der Waals surface area contributed by atoms with Gasteiger partial charge in [-0.25, -0.2) is 13.4 Å². The molecule has 1 aliphatic carbocycles. The van der Waals surface area contributed by atoms with Crippen LogP contribution in [0.4, 0.5) is 0 Å². The number of imidazole rings is 1. The van der Waals surface area contributed by atoms with Crippen LogP contribution in [-0.4, -0.2) is 48.4 Å². The van der Waals surface area contributed by atoms with Gasteiger partial charge in [-0.05, 0) is 90.9 Å². The fourth-order valence-corrected chi connectivity index (χ4v) is 8.47. The maximum atomic E-state index is 13.7. The number of hydrogen-bond acceptors (Lipinski definition) is 5. The number of sulfonamides is 1. The van der Waals surface area contributed by atoms with E-state index in [0.29, 0.717) is 41.9 Å². The molecule has 1 aromatic heterocycles. The highest BCUT2D eigenvalue weighted by Gasteiger charge is 2.36. The quantitative estimate of drug-likeness (QED) is 0.161. The summed E-state index contributed by atoms with van der Waals surface area (Å²) in [5.41, 5.74) is 10.9. The lowest BCUT2D eigenvalue weighted by molar-refractivity contribution is 0.0997. The van der Waals surface area contributed by atoms with E-state index in [-0.39, 0.29) is 28.2 Å². The Hall–Kier alpha value is -3.89. The molecular formula is C36H34Cl2N4O4S. The van der Waals surface area contributed by atoms with Crippen LogP contribution in [0.25, 0.3) is 11.0 Å². The fourth-order valence-electron chi connectivity index (χ4n) is 6.73. The van der Waals surface area contributed by atoms with Gasteiger partial charge in [0.2, 0.25) is 10.0 Å². The summed E-state index contributed by atoms with van der Waals surface area (Å²) in [6, 6.07) is 26.7. The topological polar surface area (TPSA) is 108 Å².